The molecule has 1 N–H and O–H groups in total. The SMILES string of the molecule is CC1Cc2cccc(C(=O)O)c2N1C. The lowest BCUT2D eigenvalue weighted by molar-refractivity contribution is 0.0697. The highest BCUT2D eigenvalue weighted by molar-refractivity contribution is 5.96. The average Bonchev–Trinajstić information content (AvgIpc) is 2.43. The second-order valence-electron chi connectivity index (χ2n) is 3.78. The molecule has 1 aliphatic rings. The number of para-hydroxylation sites is 1. The molecule has 1 aliphatic heterocycles. The first kappa shape index (κ1) is 9.06. The molecule has 1 unspecified atom stereocenters. The number of fused-ring (bicyclic) bond motifs is 1. The standard InChI is InChI=1S/C11H13NO2/c1-7-6-8-4-3-5-9(11(13)14)10(8)12(7)2/h3-5,7H,6H2,1-2H3,(H,13,14). The maximum absolute atomic E-state index is 11.0. The summed E-state index contributed by atoms with van der Waals surface area (Å²) in [5, 5.41) is 9.03. The number of benzene rings is 1. The van der Waals surface area contributed by atoms with E-state index in [4.69, 9.17) is 5.11 Å². The van der Waals surface area contributed by atoms with Crippen LogP contribution in [0, 0.1) is 0 Å². The summed E-state index contributed by atoms with van der Waals surface area (Å²) in [5.74, 6) is -0.845. The van der Waals surface area contributed by atoms with E-state index in [0.717, 1.165) is 17.7 Å². The molecule has 0 spiro atoms. The Hall–Kier alpha value is -1.51. The van der Waals surface area contributed by atoms with Crippen molar-refractivity contribution in [1.29, 1.82) is 0 Å². The number of hydrogen-bond acceptors (Lipinski definition) is 2. The van der Waals surface area contributed by atoms with Crippen molar-refractivity contribution in [3.8, 4) is 0 Å². The number of aromatic carboxylic acids is 1. The molecule has 14 heavy (non-hydrogen) atoms. The smallest absolute Gasteiger partial charge is 0.337 e. The minimum Gasteiger partial charge on any atom is -0.478 e. The Bertz CT molecular complexity index is 387. The van der Waals surface area contributed by atoms with Crippen molar-refractivity contribution in [2.24, 2.45) is 0 Å². The lowest BCUT2D eigenvalue weighted by atomic mass is 10.1. The zero-order chi connectivity index (χ0) is 10.3. The molecule has 1 aromatic carbocycles. The number of nitrogens with zero attached hydrogens (tertiary/aromatic N) is 1. The highest BCUT2D eigenvalue weighted by atomic mass is 16.4. The zero-order valence-corrected chi connectivity index (χ0v) is 8.32. The van der Waals surface area contributed by atoms with Gasteiger partial charge in [0.25, 0.3) is 0 Å². The molecule has 0 radical (unpaired) electrons. The summed E-state index contributed by atoms with van der Waals surface area (Å²) in [7, 11) is 1.95. The van der Waals surface area contributed by atoms with E-state index < -0.39 is 5.97 Å². The van der Waals surface area contributed by atoms with E-state index in [1.165, 1.54) is 0 Å². The third-order valence-corrected chi connectivity index (χ3v) is 2.88. The Kier molecular flexibility index (Phi) is 1.95. The average molecular weight is 191 g/mol. The van der Waals surface area contributed by atoms with Gasteiger partial charge in [0.05, 0.1) is 11.3 Å². The van der Waals surface area contributed by atoms with Crippen molar-refractivity contribution < 1.29 is 9.90 Å². The largest absolute Gasteiger partial charge is 0.478 e. The minimum absolute atomic E-state index is 0.394. The van der Waals surface area contributed by atoms with Crippen molar-refractivity contribution in [2.75, 3.05) is 11.9 Å². The van der Waals surface area contributed by atoms with Crippen LogP contribution in [-0.4, -0.2) is 24.2 Å². The van der Waals surface area contributed by atoms with Gasteiger partial charge in [0.15, 0.2) is 0 Å². The van der Waals surface area contributed by atoms with E-state index in [1.54, 1.807) is 6.07 Å². The monoisotopic (exact) mass is 191 g/mol. The molecule has 0 aromatic heterocycles. The third kappa shape index (κ3) is 1.16. The minimum atomic E-state index is -0.845. The van der Waals surface area contributed by atoms with Crippen molar-refractivity contribution in [1.82, 2.24) is 0 Å². The summed E-state index contributed by atoms with van der Waals surface area (Å²) < 4.78 is 0. The number of hydrogen-bond donors (Lipinski definition) is 1. The summed E-state index contributed by atoms with van der Waals surface area (Å²) in [5.41, 5.74) is 2.43. The Morgan fingerprint density at radius 3 is 2.93 bits per heavy atom. The molecule has 3 nitrogen and oxygen atoms in total. The fourth-order valence-corrected chi connectivity index (χ4v) is 2.02. The summed E-state index contributed by atoms with van der Waals surface area (Å²) in [6, 6.07) is 5.87. The van der Waals surface area contributed by atoms with Gasteiger partial charge in [-0.15, -0.1) is 0 Å². The van der Waals surface area contributed by atoms with Gasteiger partial charge in [0.2, 0.25) is 0 Å². The summed E-state index contributed by atoms with van der Waals surface area (Å²) in [6.07, 6.45) is 0.937. The fourth-order valence-electron chi connectivity index (χ4n) is 2.02. The van der Waals surface area contributed by atoms with Crippen LogP contribution in [0.4, 0.5) is 5.69 Å². The first-order chi connectivity index (χ1) is 6.61. The lowest BCUT2D eigenvalue weighted by Gasteiger charge is -2.19. The van der Waals surface area contributed by atoms with Gasteiger partial charge in [0.1, 0.15) is 0 Å². The van der Waals surface area contributed by atoms with Crippen LogP contribution < -0.4 is 4.90 Å². The molecule has 1 aromatic rings. The van der Waals surface area contributed by atoms with Gasteiger partial charge in [-0.3, -0.25) is 0 Å². The van der Waals surface area contributed by atoms with Crippen molar-refractivity contribution in [3.05, 3.63) is 29.3 Å². The molecule has 0 saturated carbocycles. The molecule has 1 atom stereocenters. The van der Waals surface area contributed by atoms with Gasteiger partial charge in [0, 0.05) is 13.1 Å². The van der Waals surface area contributed by atoms with Crippen LogP contribution in [0.5, 0.6) is 0 Å². The molecule has 0 aliphatic carbocycles. The fraction of sp³-hybridized carbons (Fsp3) is 0.364. The van der Waals surface area contributed by atoms with Crippen LogP contribution in [0.15, 0.2) is 18.2 Å². The number of carboxylic acids is 1. The normalized spacial score (nSPS) is 19.6. The maximum Gasteiger partial charge on any atom is 0.337 e. The predicted octanol–water partition coefficient (Wildman–Crippen LogP) is 1.77. The van der Waals surface area contributed by atoms with Gasteiger partial charge < -0.3 is 10.0 Å². The van der Waals surface area contributed by atoms with Gasteiger partial charge in [-0.1, -0.05) is 12.1 Å². The van der Waals surface area contributed by atoms with E-state index in [2.05, 4.69) is 6.92 Å². The predicted molar refractivity (Wildman–Crippen MR) is 55.0 cm³/mol. The first-order valence-electron chi connectivity index (χ1n) is 4.69. The van der Waals surface area contributed by atoms with Gasteiger partial charge >= 0.3 is 5.97 Å². The summed E-state index contributed by atoms with van der Waals surface area (Å²) in [4.78, 5) is 13.0. The van der Waals surface area contributed by atoms with Crippen LogP contribution in [-0.2, 0) is 6.42 Å². The van der Waals surface area contributed by atoms with Crippen molar-refractivity contribution in [3.63, 3.8) is 0 Å². The van der Waals surface area contributed by atoms with E-state index in [0.29, 0.717) is 11.6 Å². The van der Waals surface area contributed by atoms with Gasteiger partial charge in [-0.05, 0) is 25.0 Å². The van der Waals surface area contributed by atoms with Crippen LogP contribution in [0.25, 0.3) is 0 Å². The molecular weight excluding hydrogens is 178 g/mol. The van der Waals surface area contributed by atoms with Crippen molar-refractivity contribution >= 4 is 11.7 Å². The van der Waals surface area contributed by atoms with E-state index in [-0.39, 0.29) is 0 Å². The van der Waals surface area contributed by atoms with E-state index >= 15 is 0 Å². The quantitative estimate of drug-likeness (QED) is 0.735. The Labute approximate surface area is 83.0 Å². The summed E-state index contributed by atoms with van der Waals surface area (Å²) in [6.45, 7) is 2.10. The molecular formula is C11H13NO2. The molecule has 74 valence electrons. The second-order valence-corrected chi connectivity index (χ2v) is 3.78. The van der Waals surface area contributed by atoms with Crippen molar-refractivity contribution in [2.45, 2.75) is 19.4 Å². The highest BCUT2D eigenvalue weighted by Crippen LogP contribution is 2.33. The second kappa shape index (κ2) is 3.01. The number of carboxylic acid groups (broad SMARTS) is 1. The molecule has 0 bridgehead atoms. The zero-order valence-electron chi connectivity index (χ0n) is 8.32. The highest BCUT2D eigenvalue weighted by Gasteiger charge is 2.27. The Balaban J connectivity index is 2.58. The Morgan fingerprint density at radius 2 is 2.29 bits per heavy atom. The number of likely N-dealkylation sites (N-methyl/N-ethyl adjacent to an activating group) is 1. The topological polar surface area (TPSA) is 40.5 Å². The summed E-state index contributed by atoms with van der Waals surface area (Å²) >= 11 is 0. The number of rotatable bonds is 1. The Morgan fingerprint density at radius 1 is 1.57 bits per heavy atom. The van der Waals surface area contributed by atoms with Crippen LogP contribution in [0.1, 0.15) is 22.8 Å². The van der Waals surface area contributed by atoms with Crippen LogP contribution in [0.3, 0.4) is 0 Å². The third-order valence-electron chi connectivity index (χ3n) is 2.88. The molecule has 2 rings (SSSR count). The molecule has 3 heteroatoms. The van der Waals surface area contributed by atoms with Crippen LogP contribution >= 0.6 is 0 Å². The molecule has 0 amide bonds. The van der Waals surface area contributed by atoms with E-state index in [9.17, 15) is 4.79 Å². The molecule has 1 heterocycles. The maximum atomic E-state index is 11.0. The molecule has 0 fully saturated rings. The van der Waals surface area contributed by atoms with Gasteiger partial charge in [-0.25, -0.2) is 4.79 Å². The van der Waals surface area contributed by atoms with Crippen LogP contribution in [0.2, 0.25) is 0 Å². The number of anilines is 1. The van der Waals surface area contributed by atoms with Gasteiger partial charge in [-0.2, -0.15) is 0 Å². The molecule has 0 saturated heterocycles. The lowest BCUT2D eigenvalue weighted by Crippen LogP contribution is -2.25. The number of carbonyl (C=O) groups is 1. The first-order valence-corrected chi connectivity index (χ1v) is 4.69. The van der Waals surface area contributed by atoms with E-state index in [1.807, 2.05) is 24.1 Å².